The second-order valence-electron chi connectivity index (χ2n) is 7.82. The van der Waals surface area contributed by atoms with Crippen LogP contribution in [0, 0.1) is 6.92 Å². The number of benzene rings is 1. The first-order valence-corrected chi connectivity index (χ1v) is 10.6. The van der Waals surface area contributed by atoms with Crippen molar-refractivity contribution in [2.24, 2.45) is 0 Å². The molecule has 1 aromatic carbocycles. The van der Waals surface area contributed by atoms with Gasteiger partial charge in [-0.3, -0.25) is 4.98 Å². The normalized spacial score (nSPS) is 14.5. The van der Waals surface area contributed by atoms with Crippen molar-refractivity contribution in [1.29, 1.82) is 0 Å². The van der Waals surface area contributed by atoms with Crippen molar-refractivity contribution in [3.63, 3.8) is 0 Å². The summed E-state index contributed by atoms with van der Waals surface area (Å²) < 4.78 is 1.74. The molecule has 0 radical (unpaired) electrons. The fourth-order valence-electron chi connectivity index (χ4n) is 3.74. The second kappa shape index (κ2) is 8.72. The van der Waals surface area contributed by atoms with Crippen LogP contribution in [0.2, 0.25) is 0 Å². The van der Waals surface area contributed by atoms with Gasteiger partial charge in [-0.2, -0.15) is 5.10 Å². The van der Waals surface area contributed by atoms with Crippen molar-refractivity contribution in [3.8, 4) is 16.9 Å². The van der Waals surface area contributed by atoms with Gasteiger partial charge in [-0.1, -0.05) is 0 Å². The van der Waals surface area contributed by atoms with Crippen LogP contribution in [0.3, 0.4) is 0 Å². The Bertz CT molecular complexity index is 1200. The van der Waals surface area contributed by atoms with E-state index in [0.717, 1.165) is 60.1 Å². The summed E-state index contributed by atoms with van der Waals surface area (Å²) in [5.41, 5.74) is 4.57. The Labute approximate surface area is 185 Å². The monoisotopic (exact) mass is 428 g/mol. The molecule has 5 rings (SSSR count). The van der Waals surface area contributed by atoms with Crippen LogP contribution in [-0.2, 0) is 0 Å². The number of aliphatic hydroxyl groups excluding tert-OH is 1. The summed E-state index contributed by atoms with van der Waals surface area (Å²) in [5.74, 6) is 1.24. The fourth-order valence-corrected chi connectivity index (χ4v) is 3.74. The van der Waals surface area contributed by atoms with Crippen LogP contribution in [0.25, 0.3) is 16.9 Å². The van der Waals surface area contributed by atoms with Crippen LogP contribution >= 0.6 is 0 Å². The van der Waals surface area contributed by atoms with Crippen molar-refractivity contribution in [3.05, 3.63) is 67.1 Å². The molecule has 0 spiro atoms. The van der Waals surface area contributed by atoms with Gasteiger partial charge in [0.15, 0.2) is 0 Å². The van der Waals surface area contributed by atoms with Crippen molar-refractivity contribution in [2.75, 3.05) is 23.3 Å². The summed E-state index contributed by atoms with van der Waals surface area (Å²) in [5, 5.41) is 17.3. The van der Waals surface area contributed by atoms with Crippen molar-refractivity contribution in [2.45, 2.75) is 25.9 Å². The number of hydrogen-bond donors (Lipinski definition) is 2. The predicted molar refractivity (Wildman–Crippen MR) is 122 cm³/mol. The van der Waals surface area contributed by atoms with E-state index in [2.05, 4.69) is 41.3 Å². The first kappa shape index (κ1) is 20.1. The Balaban J connectivity index is 1.32. The minimum atomic E-state index is -0.202. The summed E-state index contributed by atoms with van der Waals surface area (Å²) in [4.78, 5) is 19.8. The van der Waals surface area contributed by atoms with Crippen molar-refractivity contribution in [1.82, 2.24) is 29.7 Å². The summed E-state index contributed by atoms with van der Waals surface area (Å²) in [7, 11) is 0. The van der Waals surface area contributed by atoms with Gasteiger partial charge in [0.1, 0.15) is 12.2 Å². The van der Waals surface area contributed by atoms with E-state index in [9.17, 15) is 5.11 Å². The van der Waals surface area contributed by atoms with Gasteiger partial charge in [0.2, 0.25) is 5.95 Å². The average molecular weight is 429 g/mol. The van der Waals surface area contributed by atoms with E-state index < -0.39 is 0 Å². The highest BCUT2D eigenvalue weighted by atomic mass is 16.3. The van der Waals surface area contributed by atoms with Gasteiger partial charge in [0.25, 0.3) is 0 Å². The van der Waals surface area contributed by atoms with Crippen LogP contribution < -0.4 is 10.2 Å². The molecule has 1 aliphatic heterocycles. The molecule has 9 nitrogen and oxygen atoms in total. The van der Waals surface area contributed by atoms with Crippen molar-refractivity contribution < 1.29 is 5.11 Å². The van der Waals surface area contributed by atoms with Crippen LogP contribution in [0.5, 0.6) is 0 Å². The number of aryl methyl sites for hydroxylation is 1. The lowest BCUT2D eigenvalue weighted by Gasteiger charge is -2.31. The zero-order chi connectivity index (χ0) is 21.9. The Morgan fingerprint density at radius 1 is 1.00 bits per heavy atom. The lowest BCUT2D eigenvalue weighted by atomic mass is 10.1. The molecule has 162 valence electrons. The third kappa shape index (κ3) is 4.42. The predicted octanol–water partition coefficient (Wildman–Crippen LogP) is 3.13. The number of piperidine rings is 1. The summed E-state index contributed by atoms with van der Waals surface area (Å²) in [6.07, 6.45) is 8.46. The van der Waals surface area contributed by atoms with Gasteiger partial charge >= 0.3 is 0 Å². The molecule has 4 heterocycles. The smallest absolute Gasteiger partial charge is 0.227 e. The standard InChI is InChI=1S/C23H24N8O/c1-16-26-15-31(29-16)19-4-2-18(3-5-19)27-23-25-9-6-22(28-23)17-12-20(14-24-13-17)30-10-7-21(32)8-11-30/h2-6,9,12-15,21,32H,7-8,10-11H2,1H3,(H,25,27,28). The topological polar surface area (TPSA) is 105 Å². The highest BCUT2D eigenvalue weighted by Crippen LogP contribution is 2.25. The van der Waals surface area contributed by atoms with E-state index in [-0.39, 0.29) is 6.10 Å². The zero-order valence-corrected chi connectivity index (χ0v) is 17.8. The average Bonchev–Trinajstić information content (AvgIpc) is 3.27. The maximum Gasteiger partial charge on any atom is 0.227 e. The lowest BCUT2D eigenvalue weighted by molar-refractivity contribution is 0.145. The number of rotatable bonds is 5. The molecule has 4 aromatic rings. The number of hydrogen-bond acceptors (Lipinski definition) is 8. The molecule has 0 aliphatic carbocycles. The molecule has 0 atom stereocenters. The molecular formula is C23H24N8O. The highest BCUT2D eigenvalue weighted by Gasteiger charge is 2.18. The summed E-state index contributed by atoms with van der Waals surface area (Å²) >= 11 is 0. The second-order valence-corrected chi connectivity index (χ2v) is 7.82. The van der Waals surface area contributed by atoms with E-state index in [1.54, 1.807) is 17.2 Å². The van der Waals surface area contributed by atoms with Gasteiger partial charge in [0, 0.05) is 36.7 Å². The SMILES string of the molecule is Cc1ncn(-c2ccc(Nc3nccc(-c4cncc(N5CCC(O)CC5)c4)n3)cc2)n1. The number of pyridine rings is 1. The van der Waals surface area contributed by atoms with Crippen LogP contribution in [0.15, 0.2) is 61.3 Å². The highest BCUT2D eigenvalue weighted by molar-refractivity contribution is 5.66. The van der Waals surface area contributed by atoms with Crippen LogP contribution in [0.4, 0.5) is 17.3 Å². The largest absolute Gasteiger partial charge is 0.393 e. The third-order valence-electron chi connectivity index (χ3n) is 5.50. The van der Waals surface area contributed by atoms with Gasteiger partial charge in [0.05, 0.1) is 29.4 Å². The number of nitrogens with zero attached hydrogens (tertiary/aromatic N) is 7. The summed E-state index contributed by atoms with van der Waals surface area (Å²) in [6, 6.07) is 11.8. The van der Waals surface area contributed by atoms with Gasteiger partial charge in [-0.15, -0.1) is 0 Å². The molecule has 1 fully saturated rings. The van der Waals surface area contributed by atoms with Gasteiger partial charge in [-0.05, 0) is 56.2 Å². The maximum atomic E-state index is 9.76. The Morgan fingerprint density at radius 3 is 2.56 bits per heavy atom. The van der Waals surface area contributed by atoms with Crippen LogP contribution in [0.1, 0.15) is 18.7 Å². The minimum absolute atomic E-state index is 0.202. The molecule has 32 heavy (non-hydrogen) atoms. The zero-order valence-electron chi connectivity index (χ0n) is 17.8. The van der Waals surface area contributed by atoms with Crippen LogP contribution in [-0.4, -0.2) is 54.0 Å². The number of nitrogens with one attached hydrogen (secondary N) is 1. The Kier molecular flexibility index (Phi) is 5.47. The first-order valence-electron chi connectivity index (χ1n) is 10.6. The van der Waals surface area contributed by atoms with E-state index in [1.807, 2.05) is 49.6 Å². The number of aliphatic hydroxyl groups is 1. The molecule has 0 saturated carbocycles. The molecule has 0 amide bonds. The molecule has 0 unspecified atom stereocenters. The van der Waals surface area contributed by atoms with E-state index in [1.165, 1.54) is 0 Å². The molecule has 2 N–H and O–H groups in total. The molecule has 0 bridgehead atoms. The van der Waals surface area contributed by atoms with E-state index in [4.69, 9.17) is 0 Å². The summed E-state index contributed by atoms with van der Waals surface area (Å²) in [6.45, 7) is 3.51. The lowest BCUT2D eigenvalue weighted by Crippen LogP contribution is -2.35. The fraction of sp³-hybridized carbons (Fsp3) is 0.261. The number of anilines is 3. The third-order valence-corrected chi connectivity index (χ3v) is 5.50. The molecule has 9 heteroatoms. The van der Waals surface area contributed by atoms with E-state index in [0.29, 0.717) is 5.95 Å². The molecule has 1 saturated heterocycles. The molecule has 3 aromatic heterocycles. The molecular weight excluding hydrogens is 404 g/mol. The minimum Gasteiger partial charge on any atom is -0.393 e. The van der Waals surface area contributed by atoms with Gasteiger partial charge in [-0.25, -0.2) is 19.6 Å². The quantitative estimate of drug-likeness (QED) is 0.500. The number of aromatic nitrogens is 6. The van der Waals surface area contributed by atoms with Gasteiger partial charge < -0.3 is 15.3 Å². The Hall–Kier alpha value is -3.85. The Morgan fingerprint density at radius 2 is 1.81 bits per heavy atom. The van der Waals surface area contributed by atoms with Crippen molar-refractivity contribution >= 4 is 17.3 Å². The molecule has 1 aliphatic rings. The first-order chi connectivity index (χ1) is 15.6. The van der Waals surface area contributed by atoms with E-state index >= 15 is 0 Å². The maximum absolute atomic E-state index is 9.76.